The topological polar surface area (TPSA) is 49.8 Å². The van der Waals surface area contributed by atoms with Crippen LogP contribution in [0, 0.1) is 0 Å². The highest BCUT2D eigenvalue weighted by Crippen LogP contribution is 2.21. The van der Waals surface area contributed by atoms with Crippen LogP contribution in [0.5, 0.6) is 0 Å². The molecule has 1 rings (SSSR count). The summed E-state index contributed by atoms with van der Waals surface area (Å²) in [5, 5.41) is 9.06. The lowest BCUT2D eigenvalue weighted by Crippen LogP contribution is -2.41. The van der Waals surface area contributed by atoms with Crippen molar-refractivity contribution in [3.63, 3.8) is 0 Å². The van der Waals surface area contributed by atoms with Crippen LogP contribution in [0.25, 0.3) is 0 Å². The van der Waals surface area contributed by atoms with Crippen molar-refractivity contribution in [1.29, 1.82) is 0 Å². The number of likely N-dealkylation sites (N-methyl/N-ethyl adjacent to an activating group) is 1. The van der Waals surface area contributed by atoms with E-state index in [1.165, 1.54) is 38.5 Å². The van der Waals surface area contributed by atoms with Gasteiger partial charge in [0.05, 0.1) is 0 Å². The molecule has 1 aliphatic carbocycles. The molecule has 17 heavy (non-hydrogen) atoms. The second kappa shape index (κ2) is 7.67. The lowest BCUT2D eigenvalue weighted by Gasteiger charge is -2.29. The summed E-state index contributed by atoms with van der Waals surface area (Å²) in [6, 6.07) is 0.528. The lowest BCUT2D eigenvalue weighted by molar-refractivity contribution is -0.151. The largest absolute Gasteiger partial charge is 0.479 e. The Kier molecular flexibility index (Phi) is 6.52. The van der Waals surface area contributed by atoms with Gasteiger partial charge in [-0.1, -0.05) is 25.7 Å². The Bertz CT molecular complexity index is 225. The minimum atomic E-state index is -0.854. The molecule has 0 bridgehead atoms. The molecule has 0 amide bonds. The number of hydrogen-bond acceptors (Lipinski definition) is 3. The van der Waals surface area contributed by atoms with E-state index in [9.17, 15) is 4.79 Å². The monoisotopic (exact) mass is 243 g/mol. The molecule has 1 fully saturated rings. The molecular weight excluding hydrogens is 218 g/mol. The van der Waals surface area contributed by atoms with Gasteiger partial charge in [0, 0.05) is 19.2 Å². The fourth-order valence-electron chi connectivity index (χ4n) is 2.51. The third-order valence-electron chi connectivity index (χ3n) is 3.55. The van der Waals surface area contributed by atoms with Gasteiger partial charge in [0.15, 0.2) is 6.10 Å². The maximum atomic E-state index is 11.0. The molecule has 1 unspecified atom stereocenters. The Balaban J connectivity index is 2.43. The van der Waals surface area contributed by atoms with Gasteiger partial charge in [-0.3, -0.25) is 0 Å². The van der Waals surface area contributed by atoms with Crippen LogP contribution in [0.2, 0.25) is 0 Å². The van der Waals surface area contributed by atoms with Gasteiger partial charge in [-0.15, -0.1) is 0 Å². The summed E-state index contributed by atoms with van der Waals surface area (Å²) in [6.45, 7) is 2.78. The molecule has 1 atom stereocenters. The van der Waals surface area contributed by atoms with E-state index in [1.807, 2.05) is 14.0 Å². The van der Waals surface area contributed by atoms with E-state index in [-0.39, 0.29) is 0 Å². The van der Waals surface area contributed by atoms with Crippen LogP contribution in [0.1, 0.15) is 45.4 Å². The van der Waals surface area contributed by atoms with Crippen LogP contribution >= 0.6 is 0 Å². The van der Waals surface area contributed by atoms with E-state index in [0.717, 1.165) is 0 Å². The Morgan fingerprint density at radius 3 is 2.41 bits per heavy atom. The summed E-state index contributed by atoms with van der Waals surface area (Å²) in [6.07, 6.45) is 6.86. The van der Waals surface area contributed by atoms with Gasteiger partial charge in [-0.25, -0.2) is 4.79 Å². The highest BCUT2D eigenvalue weighted by atomic mass is 16.5. The maximum Gasteiger partial charge on any atom is 0.334 e. The number of aliphatic carboxylic acids is 1. The first kappa shape index (κ1) is 14.5. The van der Waals surface area contributed by atoms with Crippen LogP contribution in [-0.4, -0.2) is 48.3 Å². The van der Waals surface area contributed by atoms with E-state index in [0.29, 0.717) is 19.2 Å². The summed E-state index contributed by atoms with van der Waals surface area (Å²) < 4.78 is 5.25. The average molecular weight is 243 g/mol. The van der Waals surface area contributed by atoms with Gasteiger partial charge in [0.1, 0.15) is 0 Å². The summed E-state index contributed by atoms with van der Waals surface area (Å²) >= 11 is 0. The van der Waals surface area contributed by atoms with Crippen LogP contribution in [0.15, 0.2) is 0 Å². The molecule has 0 aromatic rings. The molecule has 0 radical (unpaired) electrons. The molecular formula is C13H25NO3. The highest BCUT2D eigenvalue weighted by Gasteiger charge is 2.24. The number of hydrogen-bond donors (Lipinski definition) is 1. The molecule has 4 nitrogen and oxygen atoms in total. The minimum Gasteiger partial charge on any atom is -0.479 e. The van der Waals surface area contributed by atoms with Gasteiger partial charge >= 0.3 is 5.97 Å². The van der Waals surface area contributed by atoms with E-state index in [4.69, 9.17) is 9.84 Å². The first-order chi connectivity index (χ1) is 8.15. The van der Waals surface area contributed by atoms with Crippen LogP contribution in [0.3, 0.4) is 0 Å². The molecule has 0 aromatic carbocycles. The molecule has 0 aliphatic heterocycles. The number of carbonyl (C=O) groups is 1. The Morgan fingerprint density at radius 2 is 1.94 bits per heavy atom. The molecule has 4 heteroatoms. The van der Waals surface area contributed by atoms with Crippen molar-refractivity contribution in [2.75, 3.05) is 20.2 Å². The fourth-order valence-corrected chi connectivity index (χ4v) is 2.51. The third kappa shape index (κ3) is 5.04. The van der Waals surface area contributed by atoms with Gasteiger partial charge < -0.3 is 14.7 Å². The van der Waals surface area contributed by atoms with Crippen molar-refractivity contribution >= 4 is 5.97 Å². The number of carboxylic acids is 1. The number of nitrogens with zero attached hydrogens (tertiary/aromatic N) is 1. The molecule has 100 valence electrons. The SMILES string of the molecule is CCOC(CN(C)C1CCCCCC1)C(=O)O. The average Bonchev–Trinajstić information content (AvgIpc) is 2.56. The zero-order valence-corrected chi connectivity index (χ0v) is 11.0. The molecule has 1 saturated carbocycles. The van der Waals surface area contributed by atoms with Crippen molar-refractivity contribution in [2.24, 2.45) is 0 Å². The Labute approximate surface area is 104 Å². The minimum absolute atomic E-state index is 0.454. The summed E-state index contributed by atoms with van der Waals surface area (Å²) in [5.74, 6) is -0.854. The second-order valence-corrected chi connectivity index (χ2v) is 4.87. The van der Waals surface area contributed by atoms with Crippen molar-refractivity contribution < 1.29 is 14.6 Å². The van der Waals surface area contributed by atoms with Crippen LogP contribution < -0.4 is 0 Å². The van der Waals surface area contributed by atoms with Gasteiger partial charge in [-0.05, 0) is 26.8 Å². The zero-order valence-electron chi connectivity index (χ0n) is 11.0. The van der Waals surface area contributed by atoms with E-state index in [1.54, 1.807) is 0 Å². The Morgan fingerprint density at radius 1 is 1.35 bits per heavy atom. The summed E-state index contributed by atoms with van der Waals surface area (Å²) in [4.78, 5) is 13.2. The van der Waals surface area contributed by atoms with Gasteiger partial charge in [0.25, 0.3) is 0 Å². The molecule has 0 aromatic heterocycles. The highest BCUT2D eigenvalue weighted by molar-refractivity contribution is 5.72. The van der Waals surface area contributed by atoms with Crippen molar-refractivity contribution in [2.45, 2.75) is 57.6 Å². The fraction of sp³-hybridized carbons (Fsp3) is 0.923. The quantitative estimate of drug-likeness (QED) is 0.726. The van der Waals surface area contributed by atoms with Crippen molar-refractivity contribution in [3.05, 3.63) is 0 Å². The Hall–Kier alpha value is -0.610. The van der Waals surface area contributed by atoms with E-state index in [2.05, 4.69) is 4.90 Å². The number of ether oxygens (including phenoxy) is 1. The van der Waals surface area contributed by atoms with Crippen LogP contribution in [0.4, 0.5) is 0 Å². The summed E-state index contributed by atoms with van der Waals surface area (Å²) in [5.41, 5.74) is 0. The number of rotatable bonds is 6. The smallest absolute Gasteiger partial charge is 0.334 e. The zero-order chi connectivity index (χ0) is 12.7. The van der Waals surface area contributed by atoms with Crippen molar-refractivity contribution in [1.82, 2.24) is 4.90 Å². The molecule has 1 N–H and O–H groups in total. The molecule has 1 aliphatic rings. The predicted octanol–water partition coefficient (Wildman–Crippen LogP) is 2.13. The first-order valence-corrected chi connectivity index (χ1v) is 6.69. The molecule has 0 heterocycles. The van der Waals surface area contributed by atoms with Gasteiger partial charge in [0.2, 0.25) is 0 Å². The molecule has 0 spiro atoms. The molecule has 0 saturated heterocycles. The lowest BCUT2D eigenvalue weighted by atomic mass is 10.1. The van der Waals surface area contributed by atoms with E-state index >= 15 is 0 Å². The normalized spacial score (nSPS) is 20.2. The third-order valence-corrected chi connectivity index (χ3v) is 3.55. The van der Waals surface area contributed by atoms with Gasteiger partial charge in [-0.2, -0.15) is 0 Å². The summed E-state index contributed by atoms with van der Waals surface area (Å²) in [7, 11) is 2.02. The first-order valence-electron chi connectivity index (χ1n) is 6.69. The maximum absolute atomic E-state index is 11.0. The van der Waals surface area contributed by atoms with Crippen molar-refractivity contribution in [3.8, 4) is 0 Å². The second-order valence-electron chi connectivity index (χ2n) is 4.87. The van der Waals surface area contributed by atoms with Crippen LogP contribution in [-0.2, 0) is 9.53 Å². The predicted molar refractivity (Wildman–Crippen MR) is 67.2 cm³/mol. The van der Waals surface area contributed by atoms with E-state index < -0.39 is 12.1 Å². The standard InChI is InChI=1S/C13H25NO3/c1-3-17-12(13(15)16)10-14(2)11-8-6-4-5-7-9-11/h11-12H,3-10H2,1-2H3,(H,15,16). The number of carboxylic acid groups (broad SMARTS) is 1.